The summed E-state index contributed by atoms with van der Waals surface area (Å²) in [6.07, 6.45) is 2.08. The molecule has 0 radical (unpaired) electrons. The average Bonchev–Trinajstić information content (AvgIpc) is 3.60. The average molecular weight is 456 g/mol. The fourth-order valence-corrected chi connectivity index (χ4v) is 7.47. The maximum absolute atomic E-state index is 2.65. The Morgan fingerprint density at radius 1 is 0.514 bits per heavy atom. The van der Waals surface area contributed by atoms with Crippen LogP contribution in [-0.4, -0.2) is 22.9 Å². The second kappa shape index (κ2) is 7.65. The predicted octanol–water partition coefficient (Wildman–Crippen LogP) is 7.39. The third kappa shape index (κ3) is 2.56. The van der Waals surface area contributed by atoms with E-state index < -0.39 is 0 Å². The molecule has 174 valence electrons. The van der Waals surface area contributed by atoms with Crippen LogP contribution in [0.4, 0.5) is 0 Å². The van der Waals surface area contributed by atoms with Crippen LogP contribution in [0.5, 0.6) is 0 Å². The third-order valence-corrected chi connectivity index (χ3v) is 8.94. The molecule has 0 bridgehead atoms. The molecule has 2 nitrogen and oxygen atoms in total. The van der Waals surface area contributed by atoms with Crippen molar-refractivity contribution >= 4 is 0 Å². The molecule has 0 amide bonds. The molecule has 2 aliphatic carbocycles. The first-order valence-corrected chi connectivity index (χ1v) is 13.0. The van der Waals surface area contributed by atoms with E-state index in [4.69, 9.17) is 0 Å². The second-order valence-electron chi connectivity index (χ2n) is 10.1. The van der Waals surface area contributed by atoms with Gasteiger partial charge in [-0.15, -0.1) is 0 Å². The molecule has 1 heterocycles. The van der Waals surface area contributed by atoms with Crippen molar-refractivity contribution in [3.8, 4) is 22.3 Å². The maximum Gasteiger partial charge on any atom is 0.0467 e. The molecular formula is C33H31N2-. The molecule has 0 atom stereocenters. The highest BCUT2D eigenvalue weighted by atomic mass is 15.4. The van der Waals surface area contributed by atoms with Crippen molar-refractivity contribution in [3.05, 3.63) is 126 Å². The smallest absolute Gasteiger partial charge is 0.0467 e. The molecule has 0 N–H and O–H groups in total. The lowest BCUT2D eigenvalue weighted by atomic mass is 9.82. The molecule has 0 aromatic heterocycles. The zero-order valence-corrected chi connectivity index (χ0v) is 20.5. The van der Waals surface area contributed by atoms with E-state index in [1.807, 2.05) is 0 Å². The first-order valence-electron chi connectivity index (χ1n) is 13.0. The van der Waals surface area contributed by atoms with Gasteiger partial charge >= 0.3 is 0 Å². The van der Waals surface area contributed by atoms with Gasteiger partial charge in [0.05, 0.1) is 0 Å². The van der Waals surface area contributed by atoms with Gasteiger partial charge in [-0.1, -0.05) is 111 Å². The fourth-order valence-electron chi connectivity index (χ4n) is 7.47. The number of rotatable bonds is 4. The molecule has 0 saturated carbocycles. The normalized spacial score (nSPS) is 19.3. The highest BCUT2D eigenvalue weighted by Crippen LogP contribution is 2.57. The van der Waals surface area contributed by atoms with E-state index in [1.165, 1.54) is 44.5 Å². The van der Waals surface area contributed by atoms with E-state index in [9.17, 15) is 0 Å². The number of hydrogen-bond donors (Lipinski definition) is 0. The van der Waals surface area contributed by atoms with Crippen LogP contribution in [0.2, 0.25) is 0 Å². The van der Waals surface area contributed by atoms with Crippen molar-refractivity contribution < 1.29 is 0 Å². The Labute approximate surface area is 208 Å². The zero-order chi connectivity index (χ0) is 23.6. The quantitative estimate of drug-likeness (QED) is 0.296. The van der Waals surface area contributed by atoms with Crippen LogP contribution in [0.3, 0.4) is 0 Å². The van der Waals surface area contributed by atoms with Crippen LogP contribution in [0, 0.1) is 6.67 Å². The summed E-state index contributed by atoms with van der Waals surface area (Å²) < 4.78 is 0. The van der Waals surface area contributed by atoms with E-state index >= 15 is 0 Å². The SMILES string of the molecule is CCC1(N2[CH-]N(C3(CC)c4ccccc4-c4ccccc43)CC2)c2ccccc2-c2ccccc21. The van der Waals surface area contributed by atoms with Gasteiger partial charge in [-0.3, -0.25) is 0 Å². The Bertz CT molecular complexity index is 1230. The molecule has 1 saturated heterocycles. The summed E-state index contributed by atoms with van der Waals surface area (Å²) in [5, 5.41) is 0. The molecule has 35 heavy (non-hydrogen) atoms. The predicted molar refractivity (Wildman–Crippen MR) is 144 cm³/mol. The van der Waals surface area contributed by atoms with E-state index in [0.29, 0.717) is 0 Å². The fraction of sp³-hybridized carbons (Fsp3) is 0.242. The summed E-state index contributed by atoms with van der Waals surface area (Å²) in [5.41, 5.74) is 11.1. The lowest BCUT2D eigenvalue weighted by Gasteiger charge is -2.51. The Kier molecular flexibility index (Phi) is 4.61. The van der Waals surface area contributed by atoms with Crippen LogP contribution in [0.25, 0.3) is 22.3 Å². The second-order valence-corrected chi connectivity index (χ2v) is 10.1. The monoisotopic (exact) mass is 455 g/mol. The van der Waals surface area contributed by atoms with Gasteiger partial charge in [-0.2, -0.15) is 0 Å². The molecular weight excluding hydrogens is 424 g/mol. The van der Waals surface area contributed by atoms with E-state index in [2.05, 4.69) is 127 Å². The summed E-state index contributed by atoms with van der Waals surface area (Å²) >= 11 is 0. The minimum atomic E-state index is -0.130. The largest absolute Gasteiger partial charge is 0.429 e. The van der Waals surface area contributed by atoms with Crippen molar-refractivity contribution in [2.75, 3.05) is 13.1 Å². The summed E-state index contributed by atoms with van der Waals surface area (Å²) in [6.45, 7) is 9.21. The van der Waals surface area contributed by atoms with Crippen molar-refractivity contribution in [2.45, 2.75) is 37.8 Å². The third-order valence-electron chi connectivity index (χ3n) is 8.94. The Morgan fingerprint density at radius 3 is 1.09 bits per heavy atom. The van der Waals surface area contributed by atoms with Crippen LogP contribution < -0.4 is 0 Å². The minimum Gasteiger partial charge on any atom is -0.429 e. The summed E-state index contributed by atoms with van der Waals surface area (Å²) in [7, 11) is 0. The summed E-state index contributed by atoms with van der Waals surface area (Å²) in [5.74, 6) is 0. The number of benzene rings is 4. The van der Waals surface area contributed by atoms with E-state index in [-0.39, 0.29) is 11.1 Å². The van der Waals surface area contributed by atoms with Gasteiger partial charge in [0.15, 0.2) is 0 Å². The molecule has 0 spiro atoms. The Balaban J connectivity index is 1.37. The van der Waals surface area contributed by atoms with Crippen molar-refractivity contribution in [2.24, 2.45) is 0 Å². The van der Waals surface area contributed by atoms with Gasteiger partial charge < -0.3 is 9.80 Å². The number of nitrogens with zero attached hydrogens (tertiary/aromatic N) is 2. The highest BCUT2D eigenvalue weighted by Gasteiger charge is 2.48. The number of fused-ring (bicyclic) bond motifs is 6. The van der Waals surface area contributed by atoms with Crippen LogP contribution in [-0.2, 0) is 11.1 Å². The maximum atomic E-state index is 2.65. The first kappa shape index (κ1) is 21.1. The summed E-state index contributed by atoms with van der Waals surface area (Å²) in [4.78, 5) is 5.30. The van der Waals surface area contributed by atoms with E-state index in [1.54, 1.807) is 0 Å². The molecule has 4 aromatic rings. The van der Waals surface area contributed by atoms with Gasteiger partial charge in [-0.25, -0.2) is 6.67 Å². The zero-order valence-electron chi connectivity index (χ0n) is 20.5. The van der Waals surface area contributed by atoms with Crippen molar-refractivity contribution in [1.29, 1.82) is 0 Å². The van der Waals surface area contributed by atoms with Crippen LogP contribution >= 0.6 is 0 Å². The Hall–Kier alpha value is -3.20. The lowest BCUT2D eigenvalue weighted by Crippen LogP contribution is -2.46. The van der Waals surface area contributed by atoms with Gasteiger partial charge in [0.25, 0.3) is 0 Å². The van der Waals surface area contributed by atoms with Gasteiger partial charge in [0.2, 0.25) is 0 Å². The Morgan fingerprint density at radius 2 is 0.800 bits per heavy atom. The molecule has 2 heteroatoms. The molecule has 0 unspecified atom stereocenters. The van der Waals surface area contributed by atoms with E-state index in [0.717, 1.165) is 25.9 Å². The molecule has 1 aliphatic heterocycles. The summed E-state index contributed by atoms with van der Waals surface area (Å²) in [6, 6.07) is 36.2. The van der Waals surface area contributed by atoms with Gasteiger partial charge in [-0.05, 0) is 70.4 Å². The standard InChI is InChI=1S/C33H31N2/c1-3-32(28-17-9-5-13-24(28)25-14-6-10-18-29(25)32)34-21-22-35(23-34)33(4-2)30-19-11-7-15-26(30)27-16-8-12-20-31(27)33/h5-20,23H,3-4,21-22H2,1-2H3/q-1. The lowest BCUT2D eigenvalue weighted by molar-refractivity contribution is 0.132. The van der Waals surface area contributed by atoms with Gasteiger partial charge in [0, 0.05) is 11.1 Å². The molecule has 7 rings (SSSR count). The molecule has 4 aromatic carbocycles. The van der Waals surface area contributed by atoms with Crippen molar-refractivity contribution in [3.63, 3.8) is 0 Å². The van der Waals surface area contributed by atoms with Crippen LogP contribution in [0.1, 0.15) is 48.9 Å². The number of hydrogen-bond acceptors (Lipinski definition) is 2. The van der Waals surface area contributed by atoms with Gasteiger partial charge in [0.1, 0.15) is 0 Å². The van der Waals surface area contributed by atoms with Crippen molar-refractivity contribution in [1.82, 2.24) is 9.80 Å². The highest BCUT2D eigenvalue weighted by molar-refractivity contribution is 5.82. The first-order chi connectivity index (χ1) is 17.3. The molecule has 3 aliphatic rings. The molecule has 1 fully saturated rings. The minimum absolute atomic E-state index is 0.130. The van der Waals surface area contributed by atoms with Crippen LogP contribution in [0.15, 0.2) is 97.1 Å². The topological polar surface area (TPSA) is 6.48 Å².